The van der Waals surface area contributed by atoms with Gasteiger partial charge in [-0.2, -0.15) is 0 Å². The van der Waals surface area contributed by atoms with Gasteiger partial charge in [-0.25, -0.2) is 9.97 Å². The Morgan fingerprint density at radius 1 is 1.14 bits per heavy atom. The number of carbonyl (C=O) groups is 1. The van der Waals surface area contributed by atoms with E-state index in [4.69, 9.17) is 4.74 Å². The summed E-state index contributed by atoms with van der Waals surface area (Å²) in [4.78, 5) is 21.3. The van der Waals surface area contributed by atoms with E-state index in [9.17, 15) is 4.79 Å². The van der Waals surface area contributed by atoms with Gasteiger partial charge in [-0.3, -0.25) is 4.79 Å². The Kier molecular flexibility index (Phi) is 6.79. The molecule has 0 aliphatic heterocycles. The zero-order valence-corrected chi connectivity index (χ0v) is 17.0. The minimum absolute atomic E-state index is 0.243. The molecule has 29 heavy (non-hydrogen) atoms. The zero-order valence-electron chi connectivity index (χ0n) is 17.0. The molecule has 0 saturated carbocycles. The SMILES string of the molecule is CCc1cccc(C)c1NC(=O)c1ccnc(NCCc2cccc(OC)c2)n1. The molecule has 0 spiro atoms. The first-order valence-electron chi connectivity index (χ1n) is 9.70. The number of nitrogens with one attached hydrogen (secondary N) is 2. The van der Waals surface area contributed by atoms with E-state index in [1.54, 1.807) is 19.4 Å². The quantitative estimate of drug-likeness (QED) is 0.601. The highest BCUT2D eigenvalue weighted by Crippen LogP contribution is 2.21. The van der Waals surface area contributed by atoms with E-state index in [0.29, 0.717) is 18.2 Å². The number of hydrogen-bond donors (Lipinski definition) is 2. The second-order valence-corrected chi connectivity index (χ2v) is 6.71. The fourth-order valence-electron chi connectivity index (χ4n) is 3.10. The Balaban J connectivity index is 1.64. The number of benzene rings is 2. The fraction of sp³-hybridized carbons (Fsp3) is 0.261. The number of carbonyl (C=O) groups excluding carboxylic acids is 1. The molecule has 0 saturated heterocycles. The van der Waals surface area contributed by atoms with Crippen LogP contribution in [0.1, 0.15) is 34.1 Å². The first-order valence-corrected chi connectivity index (χ1v) is 9.70. The van der Waals surface area contributed by atoms with Crippen LogP contribution in [0.4, 0.5) is 11.6 Å². The second kappa shape index (κ2) is 9.68. The molecule has 0 bridgehead atoms. The molecular weight excluding hydrogens is 364 g/mol. The number of aromatic nitrogens is 2. The third-order valence-corrected chi connectivity index (χ3v) is 4.70. The Hall–Kier alpha value is -3.41. The van der Waals surface area contributed by atoms with Crippen LogP contribution in [0.3, 0.4) is 0 Å². The molecule has 2 N–H and O–H groups in total. The highest BCUT2D eigenvalue weighted by atomic mass is 16.5. The van der Waals surface area contributed by atoms with Crippen LogP contribution < -0.4 is 15.4 Å². The van der Waals surface area contributed by atoms with E-state index in [1.807, 2.05) is 49.4 Å². The average molecular weight is 390 g/mol. The van der Waals surface area contributed by atoms with Crippen LogP contribution in [0.25, 0.3) is 0 Å². The fourth-order valence-corrected chi connectivity index (χ4v) is 3.10. The standard InChI is InChI=1S/C23H26N4O2/c1-4-18-9-5-7-16(2)21(18)27-22(28)20-12-14-25-23(26-20)24-13-11-17-8-6-10-19(15-17)29-3/h5-10,12,14-15H,4,11,13H2,1-3H3,(H,27,28)(H,24,25,26). The Morgan fingerprint density at radius 2 is 1.97 bits per heavy atom. The zero-order chi connectivity index (χ0) is 20.6. The maximum Gasteiger partial charge on any atom is 0.274 e. The summed E-state index contributed by atoms with van der Waals surface area (Å²) < 4.78 is 5.25. The molecule has 0 aliphatic carbocycles. The van der Waals surface area contributed by atoms with Gasteiger partial charge in [0.15, 0.2) is 0 Å². The maximum absolute atomic E-state index is 12.7. The van der Waals surface area contributed by atoms with E-state index in [-0.39, 0.29) is 5.91 Å². The molecule has 1 amide bonds. The van der Waals surface area contributed by atoms with Crippen LogP contribution in [-0.2, 0) is 12.8 Å². The number of aryl methyl sites for hydroxylation is 2. The number of methoxy groups -OCH3 is 1. The average Bonchev–Trinajstić information content (AvgIpc) is 2.75. The van der Waals surface area contributed by atoms with Gasteiger partial charge in [0.05, 0.1) is 7.11 Å². The molecule has 6 heteroatoms. The molecule has 0 fully saturated rings. The minimum atomic E-state index is -0.243. The van der Waals surface area contributed by atoms with Crippen molar-refractivity contribution in [2.75, 3.05) is 24.3 Å². The molecule has 0 aliphatic rings. The van der Waals surface area contributed by atoms with E-state index < -0.39 is 0 Å². The highest BCUT2D eigenvalue weighted by molar-refractivity contribution is 6.03. The summed E-state index contributed by atoms with van der Waals surface area (Å²) in [5, 5.41) is 6.18. The van der Waals surface area contributed by atoms with E-state index in [2.05, 4.69) is 27.5 Å². The van der Waals surface area contributed by atoms with Crippen LogP contribution in [0.2, 0.25) is 0 Å². The van der Waals surface area contributed by atoms with Crippen molar-refractivity contribution >= 4 is 17.5 Å². The van der Waals surface area contributed by atoms with Crippen molar-refractivity contribution in [3.63, 3.8) is 0 Å². The lowest BCUT2D eigenvalue weighted by Gasteiger charge is -2.13. The predicted octanol–water partition coefficient (Wildman–Crippen LogP) is 4.26. The molecule has 0 atom stereocenters. The Labute approximate surface area is 171 Å². The van der Waals surface area contributed by atoms with Crippen LogP contribution in [0.5, 0.6) is 5.75 Å². The lowest BCUT2D eigenvalue weighted by molar-refractivity contribution is 0.102. The summed E-state index contributed by atoms with van der Waals surface area (Å²) in [6, 6.07) is 15.6. The minimum Gasteiger partial charge on any atom is -0.497 e. The number of rotatable bonds is 8. The summed E-state index contributed by atoms with van der Waals surface area (Å²) in [6.07, 6.45) is 3.23. The van der Waals surface area contributed by atoms with Crippen molar-refractivity contribution in [2.45, 2.75) is 26.7 Å². The van der Waals surface area contributed by atoms with E-state index >= 15 is 0 Å². The van der Waals surface area contributed by atoms with Crippen LogP contribution >= 0.6 is 0 Å². The number of anilines is 2. The van der Waals surface area contributed by atoms with Crippen molar-refractivity contribution in [1.82, 2.24) is 9.97 Å². The van der Waals surface area contributed by atoms with Crippen molar-refractivity contribution in [1.29, 1.82) is 0 Å². The van der Waals surface area contributed by atoms with Crippen molar-refractivity contribution in [2.24, 2.45) is 0 Å². The number of para-hydroxylation sites is 1. The van der Waals surface area contributed by atoms with Crippen molar-refractivity contribution in [3.05, 3.63) is 77.1 Å². The third kappa shape index (κ3) is 5.31. The number of nitrogens with zero attached hydrogens (tertiary/aromatic N) is 2. The molecule has 3 rings (SSSR count). The van der Waals surface area contributed by atoms with Crippen LogP contribution in [-0.4, -0.2) is 29.5 Å². The summed E-state index contributed by atoms with van der Waals surface area (Å²) in [7, 11) is 1.65. The summed E-state index contributed by atoms with van der Waals surface area (Å²) in [5.74, 6) is 1.02. The predicted molar refractivity (Wildman–Crippen MR) is 116 cm³/mol. The summed E-state index contributed by atoms with van der Waals surface area (Å²) >= 11 is 0. The molecule has 3 aromatic rings. The van der Waals surface area contributed by atoms with Crippen LogP contribution in [0, 0.1) is 6.92 Å². The van der Waals surface area contributed by atoms with Gasteiger partial charge >= 0.3 is 0 Å². The lowest BCUT2D eigenvalue weighted by atomic mass is 10.1. The van der Waals surface area contributed by atoms with Gasteiger partial charge in [0, 0.05) is 18.4 Å². The molecule has 0 radical (unpaired) electrons. The van der Waals surface area contributed by atoms with Gasteiger partial charge in [0.1, 0.15) is 11.4 Å². The van der Waals surface area contributed by atoms with E-state index in [1.165, 1.54) is 0 Å². The largest absolute Gasteiger partial charge is 0.497 e. The van der Waals surface area contributed by atoms with Gasteiger partial charge in [0.2, 0.25) is 5.95 Å². The monoisotopic (exact) mass is 390 g/mol. The normalized spacial score (nSPS) is 10.4. The van der Waals surface area contributed by atoms with Gasteiger partial charge in [-0.05, 0) is 54.7 Å². The Morgan fingerprint density at radius 3 is 2.76 bits per heavy atom. The van der Waals surface area contributed by atoms with Crippen LogP contribution in [0.15, 0.2) is 54.7 Å². The Bertz CT molecular complexity index is 988. The number of amides is 1. The lowest BCUT2D eigenvalue weighted by Crippen LogP contribution is -2.17. The van der Waals surface area contributed by atoms with Crippen molar-refractivity contribution in [3.8, 4) is 5.75 Å². The third-order valence-electron chi connectivity index (χ3n) is 4.70. The molecule has 1 aromatic heterocycles. The number of ether oxygens (including phenoxy) is 1. The first kappa shape index (κ1) is 20.3. The number of hydrogen-bond acceptors (Lipinski definition) is 5. The van der Waals surface area contributed by atoms with Gasteiger partial charge < -0.3 is 15.4 Å². The summed E-state index contributed by atoms with van der Waals surface area (Å²) in [5.41, 5.74) is 4.46. The molecule has 2 aromatic carbocycles. The first-order chi connectivity index (χ1) is 14.1. The van der Waals surface area contributed by atoms with Gasteiger partial charge in [0.25, 0.3) is 5.91 Å². The second-order valence-electron chi connectivity index (χ2n) is 6.71. The highest BCUT2D eigenvalue weighted by Gasteiger charge is 2.12. The molecule has 150 valence electrons. The molecule has 0 unspecified atom stereocenters. The summed E-state index contributed by atoms with van der Waals surface area (Å²) in [6.45, 7) is 4.70. The van der Waals surface area contributed by atoms with Gasteiger partial charge in [-0.1, -0.05) is 37.3 Å². The maximum atomic E-state index is 12.7. The molecular formula is C23H26N4O2. The smallest absolute Gasteiger partial charge is 0.274 e. The topological polar surface area (TPSA) is 76.1 Å². The van der Waals surface area contributed by atoms with E-state index in [0.717, 1.165) is 41.0 Å². The molecule has 6 nitrogen and oxygen atoms in total. The molecule has 1 heterocycles. The van der Waals surface area contributed by atoms with Gasteiger partial charge in [-0.15, -0.1) is 0 Å². The van der Waals surface area contributed by atoms with Crippen molar-refractivity contribution < 1.29 is 9.53 Å².